The first kappa shape index (κ1) is 57.3. The molecule has 3 nitrogen and oxygen atoms in total. The minimum Gasteiger partial charge on any atom is -0.256 e. The monoisotopic (exact) mass is 1140 g/mol. The van der Waals surface area contributed by atoms with Gasteiger partial charge in [-0.1, -0.05) is 272 Å². The van der Waals surface area contributed by atoms with Gasteiger partial charge in [-0.15, -0.1) is 0 Å². The maximum absolute atomic E-state index is 5.11. The van der Waals surface area contributed by atoms with Crippen LogP contribution in [0.25, 0.3) is 55.2 Å². The van der Waals surface area contributed by atoms with Crippen LogP contribution >= 0.6 is 11.7 Å². The maximum atomic E-state index is 5.11. The first-order valence-corrected chi connectivity index (χ1v) is 32.4. The van der Waals surface area contributed by atoms with Crippen molar-refractivity contribution in [2.45, 2.75) is 162 Å². The summed E-state index contributed by atoms with van der Waals surface area (Å²) in [5.41, 5.74) is 30.6. The van der Waals surface area contributed by atoms with Crippen LogP contribution in [0.15, 0.2) is 187 Å². The Hall–Kier alpha value is -7.79. The van der Waals surface area contributed by atoms with E-state index in [0.717, 1.165) is 35.1 Å². The molecule has 2 atom stereocenters. The van der Waals surface area contributed by atoms with Crippen LogP contribution in [-0.4, -0.2) is 15.0 Å². The summed E-state index contributed by atoms with van der Waals surface area (Å²) in [5.74, 6) is 0.107. The summed E-state index contributed by atoms with van der Waals surface area (Å²) >= 11 is 1.34. The topological polar surface area (TPSA) is 38.1 Å². The van der Waals surface area contributed by atoms with Crippen molar-refractivity contribution in [3.63, 3.8) is 0 Å². The van der Waals surface area contributed by atoms with Crippen LogP contribution < -0.4 is 0 Å². The zero-order chi connectivity index (χ0) is 59.9. The predicted octanol–water partition coefficient (Wildman–Crippen LogP) is 22.3. The number of rotatable bonds is 8. The van der Waals surface area contributed by atoms with Gasteiger partial charge in [-0.2, -0.15) is 8.75 Å². The van der Waals surface area contributed by atoms with Gasteiger partial charge in [0, 0.05) is 29.2 Å². The molecule has 0 amide bonds. The fourth-order valence-electron chi connectivity index (χ4n) is 14.0. The summed E-state index contributed by atoms with van der Waals surface area (Å²) in [5, 5.41) is 2.73. The molecule has 2 unspecified atom stereocenters. The number of hydrogen-bond donors (Lipinski definition) is 0. The molecule has 13 rings (SSSR count). The molecule has 0 saturated heterocycles. The van der Waals surface area contributed by atoms with Gasteiger partial charge >= 0.3 is 0 Å². The zero-order valence-corrected chi connectivity index (χ0v) is 53.6. The first-order valence-electron chi connectivity index (χ1n) is 31.7. The van der Waals surface area contributed by atoms with E-state index in [9.17, 15) is 0 Å². The number of nitrogens with zero attached hydrogens (tertiary/aromatic N) is 3. The van der Waals surface area contributed by atoms with Gasteiger partial charge in [-0.05, 0) is 176 Å². The molecule has 3 aliphatic carbocycles. The van der Waals surface area contributed by atoms with Gasteiger partial charge in [-0.3, -0.25) is 4.99 Å². The third kappa shape index (κ3) is 10.9. The average Bonchev–Trinajstić information content (AvgIpc) is 0.873. The highest BCUT2D eigenvalue weighted by molar-refractivity contribution is 7.00. The van der Waals surface area contributed by atoms with Crippen molar-refractivity contribution in [3.8, 4) is 22.3 Å². The van der Waals surface area contributed by atoms with E-state index in [1.807, 2.05) is 6.21 Å². The molecule has 3 aliphatic rings. The third-order valence-corrected chi connectivity index (χ3v) is 19.6. The van der Waals surface area contributed by atoms with Gasteiger partial charge < -0.3 is 0 Å². The van der Waals surface area contributed by atoms with Gasteiger partial charge in [0.1, 0.15) is 11.0 Å². The van der Waals surface area contributed by atoms with E-state index in [2.05, 4.69) is 265 Å². The molecule has 0 fully saturated rings. The molecule has 0 radical (unpaired) electrons. The van der Waals surface area contributed by atoms with E-state index in [4.69, 9.17) is 13.7 Å². The number of allylic oxidation sites excluding steroid dienone is 2. The molecule has 1 aromatic heterocycles. The van der Waals surface area contributed by atoms with Crippen molar-refractivity contribution in [3.05, 3.63) is 265 Å². The first-order chi connectivity index (χ1) is 41.2. The lowest BCUT2D eigenvalue weighted by Crippen LogP contribution is -2.14. The number of hydrogen-bond acceptors (Lipinski definition) is 4. The van der Waals surface area contributed by atoms with Crippen LogP contribution in [0.4, 0.5) is 5.69 Å². The second-order valence-corrected chi connectivity index (χ2v) is 29.6. The third-order valence-electron chi connectivity index (χ3n) is 19.0. The molecule has 0 aliphatic heterocycles. The summed E-state index contributed by atoms with van der Waals surface area (Å²) in [6.07, 6.45) is 15.4. The van der Waals surface area contributed by atoms with Crippen LogP contribution in [-0.2, 0) is 34.5 Å². The smallest absolute Gasteiger partial charge is 0.113 e. The maximum Gasteiger partial charge on any atom is 0.113 e. The molecule has 86 heavy (non-hydrogen) atoms. The SMILES string of the molecule is CC(C)(C)c1ccc(C2=CC(c3ccc(C=Nc4ccc(-c5c6c(c(-c7ccc(C(C)(C)C)cc7)c7nsnc57)CCCCCCC6)cc4)cc3)c3ccc4c5c(ccc2c35)C(c2ccc(C(C)(C)C)cc2)=CC4c2ccc(C(C)(C)C)cc2)cc1. The van der Waals surface area contributed by atoms with Crippen molar-refractivity contribution >= 4 is 56.6 Å². The molecule has 432 valence electrons. The number of aliphatic imine (C=N–C) groups is 1. The molecule has 10 aromatic rings. The normalized spacial score (nSPS) is 16.6. The van der Waals surface area contributed by atoms with E-state index >= 15 is 0 Å². The van der Waals surface area contributed by atoms with E-state index in [-0.39, 0.29) is 33.5 Å². The molecule has 0 bridgehead atoms. The summed E-state index contributed by atoms with van der Waals surface area (Å²) < 4.78 is 10.1. The van der Waals surface area contributed by atoms with Crippen molar-refractivity contribution in [1.29, 1.82) is 0 Å². The van der Waals surface area contributed by atoms with Crippen LogP contribution in [0.2, 0.25) is 0 Å². The summed E-state index contributed by atoms with van der Waals surface area (Å²) in [7, 11) is 0. The Morgan fingerprint density at radius 1 is 0.384 bits per heavy atom. The second kappa shape index (κ2) is 22.2. The molecule has 1 heterocycles. The van der Waals surface area contributed by atoms with E-state index in [1.165, 1.54) is 166 Å². The summed E-state index contributed by atoms with van der Waals surface area (Å²) in [4.78, 5) is 5.11. The van der Waals surface area contributed by atoms with Gasteiger partial charge in [0.2, 0.25) is 0 Å². The van der Waals surface area contributed by atoms with Crippen molar-refractivity contribution in [2.75, 3.05) is 0 Å². The van der Waals surface area contributed by atoms with E-state index in [1.54, 1.807) is 0 Å². The standard InChI is InChI=1S/C82H83N3S/c1-79(2,3)58-34-24-53(25-35-58)70-48-69(65-44-45-67-71(54-26-36-59(37-27-54)80(4,5)6)49-72(68-47-46-66(70)75(65)76(67)68)55-28-38-60(39-29-55)81(7,8)9)52-22-20-51(21-23-52)50-83-62-42-32-57(33-43-62)74-64-19-17-15-13-14-16-18-63(64)73(77-78(74)85-86-84-77)56-30-40-61(41-31-56)82(10,11)12/h20-50,69,71H,13-19H2,1-12H3. The summed E-state index contributed by atoms with van der Waals surface area (Å²) in [6.45, 7) is 27.6. The minimum atomic E-state index is 0.0267. The van der Waals surface area contributed by atoms with E-state index in [0.29, 0.717) is 0 Å². The Labute approximate surface area is 516 Å². The largest absolute Gasteiger partial charge is 0.256 e. The van der Waals surface area contributed by atoms with Gasteiger partial charge in [0.25, 0.3) is 0 Å². The Balaban J connectivity index is 0.869. The van der Waals surface area contributed by atoms with Gasteiger partial charge in [0.05, 0.1) is 17.4 Å². The lowest BCUT2D eigenvalue weighted by molar-refractivity contribution is 0.589. The predicted molar refractivity (Wildman–Crippen MR) is 368 cm³/mol. The molecular weight excluding hydrogens is 1060 g/mol. The molecule has 0 N–H and O–H groups in total. The number of benzene rings is 9. The average molecular weight is 1140 g/mol. The van der Waals surface area contributed by atoms with Crippen molar-refractivity contribution < 1.29 is 0 Å². The van der Waals surface area contributed by atoms with E-state index < -0.39 is 0 Å². The van der Waals surface area contributed by atoms with Crippen LogP contribution in [0.1, 0.15) is 210 Å². The minimum absolute atomic E-state index is 0.0267. The lowest BCUT2D eigenvalue weighted by atomic mass is 9.70. The highest BCUT2D eigenvalue weighted by Crippen LogP contribution is 2.52. The quantitative estimate of drug-likeness (QED) is 0.142. The zero-order valence-electron chi connectivity index (χ0n) is 52.8. The van der Waals surface area contributed by atoms with Crippen molar-refractivity contribution in [1.82, 2.24) is 8.75 Å². The Bertz CT molecular complexity index is 4270. The fraction of sp³-hybridized carbons (Fsp3) is 0.305. The fourth-order valence-corrected chi connectivity index (χ4v) is 14.5. The number of fused-ring (bicyclic) bond motifs is 2. The van der Waals surface area contributed by atoms with Crippen LogP contribution in [0.3, 0.4) is 0 Å². The highest BCUT2D eigenvalue weighted by Gasteiger charge is 2.33. The van der Waals surface area contributed by atoms with Crippen LogP contribution in [0.5, 0.6) is 0 Å². The van der Waals surface area contributed by atoms with Gasteiger partial charge in [0.15, 0.2) is 0 Å². The lowest BCUT2D eigenvalue weighted by Gasteiger charge is -2.33. The molecular formula is C82H83N3S. The van der Waals surface area contributed by atoms with Gasteiger partial charge in [-0.25, -0.2) is 0 Å². The number of aromatic nitrogens is 2. The summed E-state index contributed by atoms with van der Waals surface area (Å²) in [6, 6.07) is 65.3. The molecule has 0 spiro atoms. The molecule has 9 aromatic carbocycles. The Morgan fingerprint density at radius 2 is 0.733 bits per heavy atom. The van der Waals surface area contributed by atoms with Crippen LogP contribution in [0, 0.1) is 0 Å². The van der Waals surface area contributed by atoms with Crippen molar-refractivity contribution in [2.24, 2.45) is 4.99 Å². The molecule has 0 saturated carbocycles. The molecule has 4 heteroatoms. The highest BCUT2D eigenvalue weighted by atomic mass is 32.1. The second-order valence-electron chi connectivity index (χ2n) is 29.0. The Morgan fingerprint density at radius 3 is 1.13 bits per heavy atom. The Kier molecular flexibility index (Phi) is 14.8.